The maximum absolute atomic E-state index is 13.1. The van der Waals surface area contributed by atoms with E-state index in [-0.39, 0.29) is 15.7 Å². The van der Waals surface area contributed by atoms with Gasteiger partial charge < -0.3 is 0 Å². The van der Waals surface area contributed by atoms with E-state index < -0.39 is 40.0 Å². The lowest BCUT2D eigenvalue weighted by Gasteiger charge is -2.23. The van der Waals surface area contributed by atoms with Crippen molar-refractivity contribution in [1.82, 2.24) is 4.31 Å². The number of halogens is 5. The van der Waals surface area contributed by atoms with Gasteiger partial charge in [-0.2, -0.15) is 17.5 Å². The molecule has 0 unspecified atom stereocenters. The Morgan fingerprint density at radius 1 is 1.30 bits per heavy atom. The molecule has 1 aromatic rings. The fraction of sp³-hybridized carbons (Fsp3) is 0.455. The fourth-order valence-corrected chi connectivity index (χ4v) is 3.54. The molecule has 114 valence electrons. The highest BCUT2D eigenvalue weighted by Gasteiger charge is 2.37. The third-order valence-electron chi connectivity index (χ3n) is 2.46. The quantitative estimate of drug-likeness (QED) is 0.614. The molecule has 1 aromatic carbocycles. The van der Waals surface area contributed by atoms with Crippen molar-refractivity contribution in [2.75, 3.05) is 19.0 Å². The summed E-state index contributed by atoms with van der Waals surface area (Å²) in [6.45, 7) is -0.809. The summed E-state index contributed by atoms with van der Waals surface area (Å²) in [4.78, 5) is -0.494. The molecular weight excluding hydrogens is 322 g/mol. The number of rotatable bonds is 5. The van der Waals surface area contributed by atoms with Crippen LogP contribution in [0.5, 0.6) is 0 Å². The predicted octanol–water partition coefficient (Wildman–Crippen LogP) is 2.93. The van der Waals surface area contributed by atoms with Gasteiger partial charge in [0, 0.05) is 12.4 Å². The summed E-state index contributed by atoms with van der Waals surface area (Å²) in [7, 11) is -4.46. The second-order valence-corrected chi connectivity index (χ2v) is 6.34. The van der Waals surface area contributed by atoms with Crippen LogP contribution in [0.25, 0.3) is 0 Å². The Balaban J connectivity index is 3.26. The minimum absolute atomic E-state index is 0.160. The molecule has 9 heteroatoms. The number of hydrogen-bond donors (Lipinski definition) is 0. The van der Waals surface area contributed by atoms with Gasteiger partial charge >= 0.3 is 6.18 Å². The van der Waals surface area contributed by atoms with Crippen molar-refractivity contribution in [3.63, 3.8) is 0 Å². The smallest absolute Gasteiger partial charge is 0.207 e. The van der Waals surface area contributed by atoms with Crippen molar-refractivity contribution in [2.45, 2.75) is 18.0 Å². The van der Waals surface area contributed by atoms with Crippen LogP contribution in [0.3, 0.4) is 0 Å². The molecule has 0 spiro atoms. The zero-order chi connectivity index (χ0) is 15.6. The first-order chi connectivity index (χ1) is 9.08. The van der Waals surface area contributed by atoms with E-state index in [2.05, 4.69) is 0 Å². The number of sulfonamides is 1. The first kappa shape index (κ1) is 17.2. The second-order valence-electron chi connectivity index (χ2n) is 4.05. The minimum Gasteiger partial charge on any atom is -0.207 e. The third-order valence-corrected chi connectivity index (χ3v) is 4.61. The van der Waals surface area contributed by atoms with Crippen LogP contribution in [0.2, 0.25) is 0 Å². The Labute approximate surface area is 119 Å². The zero-order valence-corrected chi connectivity index (χ0v) is 12.0. The van der Waals surface area contributed by atoms with Gasteiger partial charge in [-0.1, -0.05) is 6.07 Å². The van der Waals surface area contributed by atoms with Gasteiger partial charge in [-0.25, -0.2) is 12.8 Å². The summed E-state index contributed by atoms with van der Waals surface area (Å²) in [6.07, 6.45) is -4.71. The molecule has 1 rings (SSSR count). The number of hydrogen-bond acceptors (Lipinski definition) is 2. The van der Waals surface area contributed by atoms with Crippen LogP contribution in [-0.4, -0.2) is 37.9 Å². The number of benzene rings is 1. The van der Waals surface area contributed by atoms with Gasteiger partial charge in [0.1, 0.15) is 12.4 Å². The van der Waals surface area contributed by atoms with Crippen LogP contribution in [-0.2, 0) is 10.0 Å². The summed E-state index contributed by atoms with van der Waals surface area (Å²) < 4.78 is 75.0. The highest BCUT2D eigenvalue weighted by Crippen LogP contribution is 2.25. The average Bonchev–Trinajstić information content (AvgIpc) is 2.30. The molecule has 0 aliphatic carbocycles. The molecule has 0 atom stereocenters. The normalized spacial score (nSPS) is 12.9. The van der Waals surface area contributed by atoms with Gasteiger partial charge in [0.2, 0.25) is 10.0 Å². The Hall–Kier alpha value is -0.860. The van der Waals surface area contributed by atoms with E-state index in [0.717, 1.165) is 6.07 Å². The van der Waals surface area contributed by atoms with Gasteiger partial charge in [-0.05, 0) is 24.6 Å². The number of alkyl halides is 4. The number of nitrogens with zero attached hydrogens (tertiary/aromatic N) is 1. The maximum Gasteiger partial charge on any atom is 0.402 e. The third kappa shape index (κ3) is 4.32. The molecule has 0 radical (unpaired) electrons. The average molecular weight is 334 g/mol. The van der Waals surface area contributed by atoms with Gasteiger partial charge in [-0.15, -0.1) is 11.6 Å². The second kappa shape index (κ2) is 6.28. The lowest BCUT2D eigenvalue weighted by atomic mass is 10.2. The molecule has 0 aliphatic rings. The van der Waals surface area contributed by atoms with E-state index >= 15 is 0 Å². The summed E-state index contributed by atoms with van der Waals surface area (Å²) in [5.41, 5.74) is 0.160. The predicted molar refractivity (Wildman–Crippen MR) is 66.7 cm³/mol. The first-order valence-corrected chi connectivity index (χ1v) is 7.44. The molecule has 0 saturated heterocycles. The molecule has 0 saturated carbocycles. The summed E-state index contributed by atoms with van der Waals surface area (Å²) >= 11 is 5.34. The van der Waals surface area contributed by atoms with Crippen molar-refractivity contribution in [1.29, 1.82) is 0 Å². The Morgan fingerprint density at radius 2 is 1.90 bits per heavy atom. The lowest BCUT2D eigenvalue weighted by molar-refractivity contribution is -0.135. The summed E-state index contributed by atoms with van der Waals surface area (Å²) in [6, 6.07) is 2.92. The van der Waals surface area contributed by atoms with E-state index in [0.29, 0.717) is 6.07 Å². The van der Waals surface area contributed by atoms with Gasteiger partial charge in [-0.3, -0.25) is 0 Å². The molecule has 3 nitrogen and oxygen atoms in total. The van der Waals surface area contributed by atoms with Gasteiger partial charge in [0.25, 0.3) is 0 Å². The molecule has 0 aromatic heterocycles. The topological polar surface area (TPSA) is 37.4 Å². The Bertz CT molecular complexity index is 574. The Kier molecular flexibility index (Phi) is 5.39. The van der Waals surface area contributed by atoms with Gasteiger partial charge in [0.05, 0.1) is 4.90 Å². The van der Waals surface area contributed by atoms with Crippen molar-refractivity contribution in [2.24, 2.45) is 0 Å². The molecule has 0 bridgehead atoms. The molecule has 0 heterocycles. The highest BCUT2D eigenvalue weighted by molar-refractivity contribution is 7.89. The minimum atomic E-state index is -4.71. The zero-order valence-electron chi connectivity index (χ0n) is 10.4. The largest absolute Gasteiger partial charge is 0.402 e. The van der Waals surface area contributed by atoms with E-state index in [4.69, 9.17) is 11.6 Å². The van der Waals surface area contributed by atoms with Crippen LogP contribution >= 0.6 is 11.6 Å². The molecule has 0 N–H and O–H groups in total. The van der Waals surface area contributed by atoms with Crippen molar-refractivity contribution in [3.8, 4) is 0 Å². The summed E-state index contributed by atoms with van der Waals surface area (Å²) in [5.74, 6) is -1.14. The van der Waals surface area contributed by atoms with Crippen LogP contribution in [0.1, 0.15) is 5.56 Å². The standard InChI is InChI=1S/C11H12ClF4NO2S/c1-8-2-3-9(13)6-10(8)20(18,19)17(5-4-12)7-11(14,15)16/h2-3,6H,4-5,7H2,1H3. The SMILES string of the molecule is Cc1ccc(F)cc1S(=O)(=O)N(CCCl)CC(F)(F)F. The fourth-order valence-electron chi connectivity index (χ4n) is 1.57. The van der Waals surface area contributed by atoms with E-state index in [1.807, 2.05) is 0 Å². The highest BCUT2D eigenvalue weighted by atomic mass is 35.5. The molecular formula is C11H12ClF4NO2S. The van der Waals surface area contributed by atoms with Gasteiger partial charge in [0.15, 0.2) is 0 Å². The molecule has 0 amide bonds. The van der Waals surface area contributed by atoms with E-state index in [9.17, 15) is 26.0 Å². The van der Waals surface area contributed by atoms with Crippen molar-refractivity contribution < 1.29 is 26.0 Å². The number of aryl methyl sites for hydroxylation is 1. The van der Waals surface area contributed by atoms with Crippen LogP contribution in [0.4, 0.5) is 17.6 Å². The molecule has 20 heavy (non-hydrogen) atoms. The Morgan fingerprint density at radius 3 is 2.40 bits per heavy atom. The molecule has 0 aliphatic heterocycles. The van der Waals surface area contributed by atoms with Crippen LogP contribution < -0.4 is 0 Å². The van der Waals surface area contributed by atoms with E-state index in [1.54, 1.807) is 0 Å². The molecule has 0 fully saturated rings. The lowest BCUT2D eigenvalue weighted by Crippen LogP contribution is -2.40. The maximum atomic E-state index is 13.1. The monoisotopic (exact) mass is 333 g/mol. The van der Waals surface area contributed by atoms with Crippen molar-refractivity contribution >= 4 is 21.6 Å². The van der Waals surface area contributed by atoms with Crippen molar-refractivity contribution in [3.05, 3.63) is 29.6 Å². The first-order valence-electron chi connectivity index (χ1n) is 5.47. The van der Waals surface area contributed by atoms with E-state index in [1.165, 1.54) is 13.0 Å². The van der Waals surface area contributed by atoms with Crippen LogP contribution in [0, 0.1) is 12.7 Å². The summed E-state index contributed by atoms with van der Waals surface area (Å²) in [5, 5.41) is 0. The van der Waals surface area contributed by atoms with Crippen LogP contribution in [0.15, 0.2) is 23.1 Å².